The Morgan fingerprint density at radius 1 is 1.28 bits per heavy atom. The molecule has 0 saturated carbocycles. The van der Waals surface area contributed by atoms with Crippen LogP contribution in [0.1, 0.15) is 50.7 Å². The van der Waals surface area contributed by atoms with E-state index in [0.717, 1.165) is 32.4 Å². The zero-order valence-corrected chi connectivity index (χ0v) is 12.9. The van der Waals surface area contributed by atoms with Crippen LogP contribution in [0.4, 0.5) is 0 Å². The number of nitrogens with zero attached hydrogens (tertiary/aromatic N) is 2. The van der Waals surface area contributed by atoms with E-state index in [1.54, 1.807) is 11.3 Å². The zero-order valence-electron chi connectivity index (χ0n) is 12.1. The minimum Gasteiger partial charge on any atom is -0.396 e. The highest BCUT2D eigenvalue weighted by molar-refractivity contribution is 7.09. The molecule has 0 aliphatic rings. The largest absolute Gasteiger partial charge is 0.396 e. The summed E-state index contributed by atoms with van der Waals surface area (Å²) in [5, 5.41) is 12.1. The van der Waals surface area contributed by atoms with Crippen LogP contribution in [0, 0.1) is 0 Å². The van der Waals surface area contributed by atoms with Crippen LogP contribution in [0.3, 0.4) is 0 Å². The van der Waals surface area contributed by atoms with Crippen LogP contribution in [-0.2, 0) is 12.0 Å². The number of rotatable bonds is 7. The molecule has 1 N–H and O–H groups in total. The fourth-order valence-corrected chi connectivity index (χ4v) is 2.65. The summed E-state index contributed by atoms with van der Waals surface area (Å²) in [6, 6.07) is 0. The molecule has 0 atom stereocenters. The fourth-order valence-electron chi connectivity index (χ4n) is 1.75. The molecule has 0 saturated heterocycles. The van der Waals surface area contributed by atoms with Gasteiger partial charge in [0.2, 0.25) is 0 Å². The smallest absolute Gasteiger partial charge is 0.0982 e. The summed E-state index contributed by atoms with van der Waals surface area (Å²) in [7, 11) is 2.13. The molecule has 3 nitrogen and oxygen atoms in total. The highest BCUT2D eigenvalue weighted by Gasteiger charge is 2.18. The molecule has 0 bridgehead atoms. The quantitative estimate of drug-likeness (QED) is 0.774. The minimum atomic E-state index is 0.155. The van der Waals surface area contributed by atoms with Gasteiger partial charge in [-0.05, 0) is 32.9 Å². The highest BCUT2D eigenvalue weighted by Crippen LogP contribution is 2.25. The molecule has 0 aliphatic carbocycles. The van der Waals surface area contributed by atoms with Crippen molar-refractivity contribution in [3.63, 3.8) is 0 Å². The van der Waals surface area contributed by atoms with Gasteiger partial charge in [-0.3, -0.25) is 0 Å². The Bertz CT molecular complexity index is 344. The third-order valence-electron chi connectivity index (χ3n) is 2.82. The Hall–Kier alpha value is -0.450. The summed E-state index contributed by atoms with van der Waals surface area (Å²) in [6.07, 6.45) is 3.16. The first-order chi connectivity index (χ1) is 8.43. The van der Waals surface area contributed by atoms with Crippen molar-refractivity contribution in [3.05, 3.63) is 16.1 Å². The average Bonchev–Trinajstić information content (AvgIpc) is 2.72. The number of aromatic nitrogens is 1. The number of hydrogen-bond donors (Lipinski definition) is 1. The van der Waals surface area contributed by atoms with Gasteiger partial charge in [0.25, 0.3) is 0 Å². The molecule has 0 radical (unpaired) electrons. The molecule has 0 fully saturated rings. The Morgan fingerprint density at radius 2 is 2.00 bits per heavy atom. The van der Waals surface area contributed by atoms with Crippen LogP contribution in [0.15, 0.2) is 5.38 Å². The van der Waals surface area contributed by atoms with Crippen LogP contribution < -0.4 is 0 Å². The second-order valence-electron chi connectivity index (χ2n) is 5.92. The summed E-state index contributed by atoms with van der Waals surface area (Å²) in [4.78, 5) is 7.01. The predicted molar refractivity (Wildman–Crippen MR) is 78.1 cm³/mol. The lowest BCUT2D eigenvalue weighted by Crippen LogP contribution is -2.19. The van der Waals surface area contributed by atoms with Crippen molar-refractivity contribution in [3.8, 4) is 0 Å². The van der Waals surface area contributed by atoms with Crippen LogP contribution in [-0.4, -0.2) is 35.2 Å². The van der Waals surface area contributed by atoms with Crippen LogP contribution >= 0.6 is 11.3 Å². The van der Waals surface area contributed by atoms with Gasteiger partial charge in [-0.25, -0.2) is 4.98 Å². The van der Waals surface area contributed by atoms with Crippen molar-refractivity contribution >= 4 is 11.3 Å². The third-order valence-corrected chi connectivity index (χ3v) is 4.14. The Kier molecular flexibility index (Phi) is 6.26. The molecular formula is C14H26N2OS. The van der Waals surface area contributed by atoms with Gasteiger partial charge in [0.15, 0.2) is 0 Å². The molecule has 0 aliphatic heterocycles. The molecule has 0 unspecified atom stereocenters. The molecule has 0 aromatic carbocycles. The molecule has 1 aromatic rings. The molecule has 18 heavy (non-hydrogen) atoms. The number of thiazole rings is 1. The zero-order chi connectivity index (χ0) is 13.6. The first kappa shape index (κ1) is 15.6. The van der Waals surface area contributed by atoms with E-state index in [1.807, 2.05) is 0 Å². The molecule has 0 spiro atoms. The van der Waals surface area contributed by atoms with Gasteiger partial charge in [-0.1, -0.05) is 20.8 Å². The molecule has 0 amide bonds. The minimum absolute atomic E-state index is 0.155. The van der Waals surface area contributed by atoms with Crippen molar-refractivity contribution in [1.29, 1.82) is 0 Å². The maximum absolute atomic E-state index is 8.72. The molecule has 1 aromatic heterocycles. The highest BCUT2D eigenvalue weighted by atomic mass is 32.1. The number of unbranched alkanes of at least 4 members (excludes halogenated alkanes) is 2. The second kappa shape index (κ2) is 7.22. The average molecular weight is 270 g/mol. The summed E-state index contributed by atoms with van der Waals surface area (Å²) in [5.74, 6) is 0. The first-order valence-corrected chi connectivity index (χ1v) is 7.55. The Labute approximate surface area is 115 Å². The topological polar surface area (TPSA) is 36.4 Å². The van der Waals surface area contributed by atoms with Gasteiger partial charge in [0.05, 0.1) is 10.7 Å². The van der Waals surface area contributed by atoms with E-state index < -0.39 is 0 Å². The normalized spacial score (nSPS) is 12.3. The van der Waals surface area contributed by atoms with E-state index in [9.17, 15) is 0 Å². The van der Waals surface area contributed by atoms with Crippen molar-refractivity contribution in [2.24, 2.45) is 0 Å². The van der Waals surface area contributed by atoms with Gasteiger partial charge in [0.1, 0.15) is 0 Å². The van der Waals surface area contributed by atoms with Gasteiger partial charge < -0.3 is 10.0 Å². The fraction of sp³-hybridized carbons (Fsp3) is 0.786. The standard InChI is InChI=1S/C14H26N2OS/c1-14(2,3)13-15-12(11-18-13)10-16(4)8-6-5-7-9-17/h11,17H,5-10H2,1-4H3. The van der Waals surface area contributed by atoms with E-state index in [0.29, 0.717) is 6.61 Å². The van der Waals surface area contributed by atoms with Crippen LogP contribution in [0.2, 0.25) is 0 Å². The van der Waals surface area contributed by atoms with Crippen molar-refractivity contribution in [2.45, 2.75) is 52.0 Å². The van der Waals surface area contributed by atoms with E-state index in [1.165, 1.54) is 10.7 Å². The predicted octanol–water partition coefficient (Wildman–Crippen LogP) is 3.04. The summed E-state index contributed by atoms with van der Waals surface area (Å²) in [6.45, 7) is 8.91. The SMILES string of the molecule is CN(CCCCCO)Cc1csc(C(C)(C)C)n1. The number of hydrogen-bond acceptors (Lipinski definition) is 4. The Morgan fingerprint density at radius 3 is 2.56 bits per heavy atom. The summed E-state index contributed by atoms with van der Waals surface area (Å²) < 4.78 is 0. The van der Waals surface area contributed by atoms with E-state index >= 15 is 0 Å². The Balaban J connectivity index is 2.35. The van der Waals surface area contributed by atoms with Crippen LogP contribution in [0.25, 0.3) is 0 Å². The monoisotopic (exact) mass is 270 g/mol. The van der Waals surface area contributed by atoms with Crippen molar-refractivity contribution in [2.75, 3.05) is 20.2 Å². The van der Waals surface area contributed by atoms with Gasteiger partial charge in [-0.2, -0.15) is 0 Å². The molecule has 104 valence electrons. The van der Waals surface area contributed by atoms with Gasteiger partial charge in [0, 0.05) is 23.9 Å². The van der Waals surface area contributed by atoms with Gasteiger partial charge in [-0.15, -0.1) is 11.3 Å². The summed E-state index contributed by atoms with van der Waals surface area (Å²) >= 11 is 1.76. The van der Waals surface area contributed by atoms with E-state index in [4.69, 9.17) is 10.1 Å². The maximum Gasteiger partial charge on any atom is 0.0982 e. The lowest BCUT2D eigenvalue weighted by Gasteiger charge is -2.16. The van der Waals surface area contributed by atoms with Crippen molar-refractivity contribution in [1.82, 2.24) is 9.88 Å². The summed E-state index contributed by atoms with van der Waals surface area (Å²) in [5.41, 5.74) is 1.33. The molecular weight excluding hydrogens is 244 g/mol. The van der Waals surface area contributed by atoms with Gasteiger partial charge >= 0.3 is 0 Å². The third kappa shape index (κ3) is 5.46. The number of aliphatic hydroxyl groups is 1. The molecule has 1 heterocycles. The lowest BCUT2D eigenvalue weighted by atomic mass is 9.98. The second-order valence-corrected chi connectivity index (χ2v) is 6.77. The van der Waals surface area contributed by atoms with Crippen molar-refractivity contribution < 1.29 is 5.11 Å². The molecule has 4 heteroatoms. The maximum atomic E-state index is 8.72. The van der Waals surface area contributed by atoms with E-state index in [2.05, 4.69) is 38.1 Å². The first-order valence-electron chi connectivity index (χ1n) is 6.68. The lowest BCUT2D eigenvalue weighted by molar-refractivity contribution is 0.270. The number of aliphatic hydroxyl groups excluding tert-OH is 1. The van der Waals surface area contributed by atoms with Crippen LogP contribution in [0.5, 0.6) is 0 Å². The van der Waals surface area contributed by atoms with E-state index in [-0.39, 0.29) is 5.41 Å². The molecule has 1 rings (SSSR count).